The number of hydrogen-bond donors (Lipinski definition) is 2. The van der Waals surface area contributed by atoms with Crippen molar-refractivity contribution in [2.75, 3.05) is 29.9 Å². The maximum absolute atomic E-state index is 11.5. The summed E-state index contributed by atoms with van der Waals surface area (Å²) in [6.45, 7) is 1.02. The number of hydrogen-bond acceptors (Lipinski definition) is 4. The molecule has 2 N–H and O–H groups in total. The van der Waals surface area contributed by atoms with Gasteiger partial charge in [0.05, 0.1) is 29.6 Å². The van der Waals surface area contributed by atoms with Crippen LogP contribution >= 0.6 is 0 Å². The molecule has 0 atom stereocenters. The average Bonchev–Trinajstić information content (AvgIpc) is 2.34. The zero-order valence-corrected chi connectivity index (χ0v) is 9.31. The van der Waals surface area contributed by atoms with E-state index < -0.39 is 0 Å². The van der Waals surface area contributed by atoms with E-state index in [0.717, 1.165) is 5.69 Å². The number of benzene rings is 1. The Morgan fingerprint density at radius 3 is 3.06 bits per heavy atom. The number of fused-ring (bicyclic) bond motifs is 1. The molecular weight excluding hydrogens is 218 g/mol. The van der Waals surface area contributed by atoms with Crippen molar-refractivity contribution in [2.45, 2.75) is 6.42 Å². The van der Waals surface area contributed by atoms with Gasteiger partial charge in [-0.05, 0) is 24.6 Å². The number of anilines is 2. The largest absolute Gasteiger partial charge is 0.396 e. The van der Waals surface area contributed by atoms with Gasteiger partial charge in [-0.2, -0.15) is 5.26 Å². The minimum Gasteiger partial charge on any atom is -0.396 e. The number of nitriles is 1. The SMILES string of the molecule is N#Cc1ccc2c(c1)NC(=O)CN2CCCO. The molecule has 1 aliphatic heterocycles. The Morgan fingerprint density at radius 2 is 2.35 bits per heavy atom. The molecule has 1 amide bonds. The second-order valence-electron chi connectivity index (χ2n) is 3.89. The van der Waals surface area contributed by atoms with Gasteiger partial charge < -0.3 is 15.3 Å². The quantitative estimate of drug-likeness (QED) is 0.802. The third-order valence-electron chi connectivity index (χ3n) is 2.66. The summed E-state index contributed by atoms with van der Waals surface area (Å²) in [6, 6.07) is 7.25. The van der Waals surface area contributed by atoms with Gasteiger partial charge in [0.2, 0.25) is 5.91 Å². The molecule has 0 saturated heterocycles. The molecule has 1 aromatic carbocycles. The lowest BCUT2D eigenvalue weighted by Crippen LogP contribution is -2.39. The lowest BCUT2D eigenvalue weighted by atomic mass is 10.1. The van der Waals surface area contributed by atoms with E-state index in [1.54, 1.807) is 12.1 Å². The highest BCUT2D eigenvalue weighted by atomic mass is 16.3. The molecule has 1 aliphatic rings. The number of aliphatic hydroxyl groups excluding tert-OH is 1. The molecule has 0 bridgehead atoms. The van der Waals surface area contributed by atoms with Crippen molar-refractivity contribution in [1.29, 1.82) is 5.26 Å². The first-order valence-corrected chi connectivity index (χ1v) is 5.44. The van der Waals surface area contributed by atoms with Crippen LogP contribution in [0.5, 0.6) is 0 Å². The van der Waals surface area contributed by atoms with E-state index in [9.17, 15) is 4.79 Å². The van der Waals surface area contributed by atoms with Gasteiger partial charge in [-0.15, -0.1) is 0 Å². The van der Waals surface area contributed by atoms with Gasteiger partial charge in [-0.1, -0.05) is 0 Å². The summed E-state index contributed by atoms with van der Waals surface area (Å²) in [4.78, 5) is 13.4. The third-order valence-corrected chi connectivity index (χ3v) is 2.66. The first-order valence-electron chi connectivity index (χ1n) is 5.44. The summed E-state index contributed by atoms with van der Waals surface area (Å²) in [6.07, 6.45) is 0.618. The van der Waals surface area contributed by atoms with Crippen molar-refractivity contribution in [1.82, 2.24) is 0 Å². The second kappa shape index (κ2) is 4.85. The Labute approximate surface area is 99.3 Å². The maximum atomic E-state index is 11.5. The van der Waals surface area contributed by atoms with Gasteiger partial charge in [-0.3, -0.25) is 4.79 Å². The minimum atomic E-state index is -0.0921. The molecule has 88 valence electrons. The first kappa shape index (κ1) is 11.4. The predicted molar refractivity (Wildman–Crippen MR) is 63.7 cm³/mol. The normalized spacial score (nSPS) is 13.9. The molecule has 2 rings (SSSR count). The van der Waals surface area contributed by atoms with Crippen LogP contribution in [0.3, 0.4) is 0 Å². The van der Waals surface area contributed by atoms with Gasteiger partial charge >= 0.3 is 0 Å². The summed E-state index contributed by atoms with van der Waals surface area (Å²) in [5, 5.41) is 20.4. The third kappa shape index (κ3) is 2.37. The number of carbonyl (C=O) groups excluding carboxylic acids is 1. The van der Waals surface area contributed by atoms with E-state index in [1.807, 2.05) is 17.0 Å². The smallest absolute Gasteiger partial charge is 0.243 e. The fourth-order valence-corrected chi connectivity index (χ4v) is 1.89. The Morgan fingerprint density at radius 1 is 1.53 bits per heavy atom. The number of amides is 1. The second-order valence-corrected chi connectivity index (χ2v) is 3.89. The van der Waals surface area contributed by atoms with E-state index in [0.29, 0.717) is 30.8 Å². The Balaban J connectivity index is 2.30. The van der Waals surface area contributed by atoms with E-state index in [-0.39, 0.29) is 12.5 Å². The van der Waals surface area contributed by atoms with Crippen LogP contribution < -0.4 is 10.2 Å². The van der Waals surface area contributed by atoms with E-state index in [1.165, 1.54) is 0 Å². The van der Waals surface area contributed by atoms with Crippen LogP contribution in [-0.2, 0) is 4.79 Å². The lowest BCUT2D eigenvalue weighted by molar-refractivity contribution is -0.115. The number of aliphatic hydroxyl groups is 1. The summed E-state index contributed by atoms with van der Waals surface area (Å²) >= 11 is 0. The van der Waals surface area contributed by atoms with Crippen LogP contribution in [0, 0.1) is 11.3 Å². The summed E-state index contributed by atoms with van der Waals surface area (Å²) in [7, 11) is 0. The van der Waals surface area contributed by atoms with Crippen LogP contribution in [0.15, 0.2) is 18.2 Å². The predicted octanol–water partition coefficient (Wildman–Crippen LogP) is 0.699. The minimum absolute atomic E-state index is 0.0921. The van der Waals surface area contributed by atoms with Crippen LogP contribution in [0.1, 0.15) is 12.0 Å². The van der Waals surface area contributed by atoms with Crippen LogP contribution in [0.25, 0.3) is 0 Å². The molecule has 5 nitrogen and oxygen atoms in total. The summed E-state index contributed by atoms with van der Waals surface area (Å²) < 4.78 is 0. The molecule has 0 radical (unpaired) electrons. The Bertz CT molecular complexity index is 479. The maximum Gasteiger partial charge on any atom is 0.243 e. The summed E-state index contributed by atoms with van der Waals surface area (Å²) in [5.41, 5.74) is 2.09. The highest BCUT2D eigenvalue weighted by Crippen LogP contribution is 2.30. The van der Waals surface area contributed by atoms with Crippen LogP contribution in [0.2, 0.25) is 0 Å². The fourth-order valence-electron chi connectivity index (χ4n) is 1.89. The van der Waals surface area contributed by atoms with Crippen molar-refractivity contribution < 1.29 is 9.90 Å². The standard InChI is InChI=1S/C12H13N3O2/c13-7-9-2-3-11-10(6-9)14-12(17)8-15(11)4-1-5-16/h2-3,6,16H,1,4-5,8H2,(H,14,17). The Hall–Kier alpha value is -2.06. The van der Waals surface area contributed by atoms with Crippen molar-refractivity contribution >= 4 is 17.3 Å². The lowest BCUT2D eigenvalue weighted by Gasteiger charge is -2.30. The fraction of sp³-hybridized carbons (Fsp3) is 0.333. The zero-order chi connectivity index (χ0) is 12.3. The van der Waals surface area contributed by atoms with E-state index >= 15 is 0 Å². The number of nitrogens with one attached hydrogen (secondary N) is 1. The number of carbonyl (C=O) groups is 1. The number of rotatable bonds is 3. The van der Waals surface area contributed by atoms with Crippen LogP contribution in [0.4, 0.5) is 11.4 Å². The first-order chi connectivity index (χ1) is 8.24. The van der Waals surface area contributed by atoms with Crippen LogP contribution in [-0.4, -0.2) is 30.7 Å². The zero-order valence-electron chi connectivity index (χ0n) is 9.31. The average molecular weight is 231 g/mol. The van der Waals surface area contributed by atoms with Crippen molar-refractivity contribution in [3.8, 4) is 6.07 Å². The monoisotopic (exact) mass is 231 g/mol. The molecule has 1 aromatic rings. The molecule has 0 spiro atoms. The molecule has 5 heteroatoms. The molecule has 17 heavy (non-hydrogen) atoms. The molecule has 0 aliphatic carbocycles. The summed E-state index contributed by atoms with van der Waals surface area (Å²) in [5.74, 6) is -0.0921. The van der Waals surface area contributed by atoms with Gasteiger partial charge in [-0.25, -0.2) is 0 Å². The van der Waals surface area contributed by atoms with Gasteiger partial charge in [0.1, 0.15) is 0 Å². The van der Waals surface area contributed by atoms with Crippen molar-refractivity contribution in [3.05, 3.63) is 23.8 Å². The van der Waals surface area contributed by atoms with Gasteiger partial charge in [0.15, 0.2) is 0 Å². The van der Waals surface area contributed by atoms with Gasteiger partial charge in [0.25, 0.3) is 0 Å². The molecule has 0 aromatic heterocycles. The van der Waals surface area contributed by atoms with Gasteiger partial charge in [0, 0.05) is 13.2 Å². The molecule has 0 unspecified atom stereocenters. The van der Waals surface area contributed by atoms with Crippen molar-refractivity contribution in [3.63, 3.8) is 0 Å². The highest BCUT2D eigenvalue weighted by molar-refractivity contribution is 6.01. The topological polar surface area (TPSA) is 76.4 Å². The van der Waals surface area contributed by atoms with Crippen molar-refractivity contribution in [2.24, 2.45) is 0 Å². The molecule has 0 fully saturated rings. The van der Waals surface area contributed by atoms with E-state index in [4.69, 9.17) is 10.4 Å². The highest BCUT2D eigenvalue weighted by Gasteiger charge is 2.21. The van der Waals surface area contributed by atoms with E-state index in [2.05, 4.69) is 5.32 Å². The molecular formula is C12H13N3O2. The number of nitrogens with zero attached hydrogens (tertiary/aromatic N) is 2. The molecule has 0 saturated carbocycles. The molecule has 1 heterocycles. The Kier molecular flexibility index (Phi) is 3.26.